The van der Waals surface area contributed by atoms with Crippen molar-refractivity contribution >= 4 is 15.7 Å². The van der Waals surface area contributed by atoms with Crippen molar-refractivity contribution in [3.8, 4) is 0 Å². The molecule has 0 spiro atoms. The van der Waals surface area contributed by atoms with Crippen LogP contribution in [0.5, 0.6) is 0 Å². The van der Waals surface area contributed by atoms with E-state index in [4.69, 9.17) is 5.73 Å². The van der Waals surface area contributed by atoms with Crippen LogP contribution in [-0.4, -0.2) is 18.0 Å². The lowest BCUT2D eigenvalue weighted by Crippen LogP contribution is -2.15. The Kier molecular flexibility index (Phi) is 4.64. The summed E-state index contributed by atoms with van der Waals surface area (Å²) in [6, 6.07) is 7.06. The van der Waals surface area contributed by atoms with E-state index in [-0.39, 0.29) is 11.6 Å². The molecule has 0 saturated carbocycles. The molecule has 2 rings (SSSR count). The lowest BCUT2D eigenvalue weighted by atomic mass is 10.2. The molecule has 1 aromatic heterocycles. The quantitative estimate of drug-likeness (QED) is 0.852. The molecule has 0 radical (unpaired) electrons. The summed E-state index contributed by atoms with van der Waals surface area (Å²) >= 11 is 0. The Morgan fingerprint density at radius 2 is 2.05 bits per heavy atom. The molecule has 0 bridgehead atoms. The van der Waals surface area contributed by atoms with Crippen molar-refractivity contribution in [2.45, 2.75) is 38.4 Å². The molecule has 0 aliphatic rings. The fourth-order valence-corrected chi connectivity index (χ4v) is 3.18. The van der Waals surface area contributed by atoms with Gasteiger partial charge in [-0.15, -0.1) is 0 Å². The molecule has 0 fully saturated rings. The third-order valence-corrected chi connectivity index (χ3v) is 4.41. The average Bonchev–Trinajstić information content (AvgIpc) is 2.82. The van der Waals surface area contributed by atoms with Gasteiger partial charge >= 0.3 is 0 Å². The van der Waals surface area contributed by atoms with Crippen molar-refractivity contribution in [3.05, 3.63) is 41.9 Å². The molecule has 7 heteroatoms. The first-order chi connectivity index (χ1) is 9.97. The van der Waals surface area contributed by atoms with Crippen molar-refractivity contribution in [1.29, 1.82) is 0 Å². The first-order valence-electron chi connectivity index (χ1n) is 6.82. The van der Waals surface area contributed by atoms with Gasteiger partial charge in [-0.1, -0.05) is 25.1 Å². The Morgan fingerprint density at radius 3 is 2.71 bits per heavy atom. The molecule has 1 heterocycles. The number of para-hydroxylation sites is 1. The first kappa shape index (κ1) is 15.5. The van der Waals surface area contributed by atoms with Gasteiger partial charge in [0.05, 0.1) is 5.69 Å². The minimum absolute atomic E-state index is 0.0280. The summed E-state index contributed by atoms with van der Waals surface area (Å²) in [7, 11) is -3.70. The zero-order chi connectivity index (χ0) is 15.5. The molecular formula is C14H20N4O2S. The summed E-state index contributed by atoms with van der Waals surface area (Å²) in [5, 5.41) is 0.0280. The molecule has 6 nitrogen and oxygen atoms in total. The first-order valence-corrected chi connectivity index (χ1v) is 8.30. The maximum absolute atomic E-state index is 12.4. The van der Waals surface area contributed by atoms with E-state index in [0.717, 1.165) is 18.5 Å². The van der Waals surface area contributed by atoms with Gasteiger partial charge in [-0.05, 0) is 25.0 Å². The number of aryl methyl sites for hydroxylation is 2. The number of hydrogen-bond donors (Lipinski definition) is 2. The molecule has 0 aliphatic heterocycles. The molecule has 114 valence electrons. The maximum atomic E-state index is 12.4. The second kappa shape index (κ2) is 6.28. The number of benzene rings is 1. The van der Waals surface area contributed by atoms with Crippen LogP contribution >= 0.6 is 0 Å². The molecule has 0 unspecified atom stereocenters. The molecule has 0 atom stereocenters. The topological polar surface area (TPSA) is 90.0 Å². The average molecular weight is 308 g/mol. The van der Waals surface area contributed by atoms with Crippen LogP contribution in [0.15, 0.2) is 35.5 Å². The number of rotatable bonds is 6. The highest BCUT2D eigenvalue weighted by atomic mass is 32.2. The third-order valence-electron chi connectivity index (χ3n) is 3.18. The normalized spacial score (nSPS) is 11.6. The number of imidazole rings is 1. The fraction of sp³-hybridized carbons (Fsp3) is 0.357. The van der Waals surface area contributed by atoms with Crippen LogP contribution in [0, 0.1) is 6.92 Å². The van der Waals surface area contributed by atoms with Crippen LogP contribution in [0.1, 0.15) is 24.7 Å². The van der Waals surface area contributed by atoms with E-state index >= 15 is 0 Å². The molecule has 3 N–H and O–H groups in total. The van der Waals surface area contributed by atoms with Gasteiger partial charge in [0.15, 0.2) is 5.03 Å². The van der Waals surface area contributed by atoms with Gasteiger partial charge in [0.25, 0.3) is 10.0 Å². The largest absolute Gasteiger partial charge is 0.334 e. The zero-order valence-electron chi connectivity index (χ0n) is 12.2. The number of nitrogens with one attached hydrogen (secondary N) is 1. The smallest absolute Gasteiger partial charge is 0.280 e. The summed E-state index contributed by atoms with van der Waals surface area (Å²) in [6.45, 7) is 4.83. The Morgan fingerprint density at radius 1 is 1.33 bits per heavy atom. The van der Waals surface area contributed by atoms with Crippen LogP contribution < -0.4 is 10.5 Å². The predicted molar refractivity (Wildman–Crippen MR) is 82.4 cm³/mol. The lowest BCUT2D eigenvalue weighted by Gasteiger charge is -2.09. The number of anilines is 1. The SMILES string of the molecule is CCCn1cc(S(=O)(=O)Nc2ccccc2CN)nc1C. The monoisotopic (exact) mass is 308 g/mol. The van der Waals surface area contributed by atoms with Crippen LogP contribution in [0.25, 0.3) is 0 Å². The highest BCUT2D eigenvalue weighted by Crippen LogP contribution is 2.19. The second-order valence-corrected chi connectivity index (χ2v) is 6.42. The van der Waals surface area contributed by atoms with E-state index in [1.165, 1.54) is 0 Å². The summed E-state index contributed by atoms with van der Waals surface area (Å²) in [5.41, 5.74) is 6.85. The van der Waals surface area contributed by atoms with Crippen molar-refractivity contribution in [1.82, 2.24) is 9.55 Å². The molecule has 21 heavy (non-hydrogen) atoms. The summed E-state index contributed by atoms with van der Waals surface area (Å²) in [4.78, 5) is 4.13. The Labute approximate surface area is 125 Å². The fourth-order valence-electron chi connectivity index (χ4n) is 2.07. The molecule has 2 aromatic rings. The van der Waals surface area contributed by atoms with Gasteiger partial charge in [0.2, 0.25) is 0 Å². The highest BCUT2D eigenvalue weighted by Gasteiger charge is 2.20. The number of nitrogens with zero attached hydrogens (tertiary/aromatic N) is 2. The third kappa shape index (κ3) is 3.43. The number of hydrogen-bond acceptors (Lipinski definition) is 4. The minimum atomic E-state index is -3.70. The van der Waals surface area contributed by atoms with E-state index in [0.29, 0.717) is 11.5 Å². The Bertz CT molecular complexity index is 722. The van der Waals surface area contributed by atoms with Crippen LogP contribution in [0.3, 0.4) is 0 Å². The van der Waals surface area contributed by atoms with Gasteiger partial charge in [-0.2, -0.15) is 8.42 Å². The second-order valence-electron chi connectivity index (χ2n) is 4.79. The van der Waals surface area contributed by atoms with E-state index < -0.39 is 10.0 Å². The predicted octanol–water partition coefficient (Wildman–Crippen LogP) is 1.86. The van der Waals surface area contributed by atoms with Crippen LogP contribution in [0.4, 0.5) is 5.69 Å². The van der Waals surface area contributed by atoms with Gasteiger partial charge < -0.3 is 10.3 Å². The Balaban J connectivity index is 2.32. The molecule has 0 saturated heterocycles. The van der Waals surface area contributed by atoms with Crippen molar-refractivity contribution in [3.63, 3.8) is 0 Å². The number of nitrogens with two attached hydrogens (primary N) is 1. The van der Waals surface area contributed by atoms with E-state index in [1.54, 1.807) is 31.3 Å². The zero-order valence-corrected chi connectivity index (χ0v) is 13.0. The van der Waals surface area contributed by atoms with Gasteiger partial charge in [-0.3, -0.25) is 4.72 Å². The number of sulfonamides is 1. The Hall–Kier alpha value is -1.86. The van der Waals surface area contributed by atoms with Crippen molar-refractivity contribution in [2.75, 3.05) is 4.72 Å². The van der Waals surface area contributed by atoms with E-state index in [2.05, 4.69) is 9.71 Å². The minimum Gasteiger partial charge on any atom is -0.334 e. The summed E-state index contributed by atoms with van der Waals surface area (Å²) < 4.78 is 29.2. The van der Waals surface area contributed by atoms with E-state index in [1.807, 2.05) is 17.6 Å². The standard InChI is InChI=1S/C14H20N4O2S/c1-3-8-18-10-14(16-11(18)2)21(19,20)17-13-7-5-4-6-12(13)9-15/h4-7,10,17H,3,8-9,15H2,1-2H3. The van der Waals surface area contributed by atoms with Gasteiger partial charge in [0.1, 0.15) is 5.82 Å². The van der Waals surface area contributed by atoms with Crippen molar-refractivity contribution < 1.29 is 8.42 Å². The highest BCUT2D eigenvalue weighted by molar-refractivity contribution is 7.92. The van der Waals surface area contributed by atoms with Crippen LogP contribution in [0.2, 0.25) is 0 Å². The van der Waals surface area contributed by atoms with Crippen molar-refractivity contribution in [2.24, 2.45) is 5.73 Å². The maximum Gasteiger partial charge on any atom is 0.280 e. The van der Waals surface area contributed by atoms with Gasteiger partial charge in [0, 0.05) is 19.3 Å². The molecule has 0 aliphatic carbocycles. The van der Waals surface area contributed by atoms with Crippen LogP contribution in [-0.2, 0) is 23.1 Å². The molecular weight excluding hydrogens is 288 g/mol. The van der Waals surface area contributed by atoms with E-state index in [9.17, 15) is 8.42 Å². The molecule has 0 amide bonds. The lowest BCUT2D eigenvalue weighted by molar-refractivity contribution is 0.597. The number of aromatic nitrogens is 2. The molecule has 1 aromatic carbocycles. The van der Waals surface area contributed by atoms with Gasteiger partial charge in [-0.25, -0.2) is 4.98 Å². The summed E-state index contributed by atoms with van der Waals surface area (Å²) in [6.07, 6.45) is 2.48. The summed E-state index contributed by atoms with van der Waals surface area (Å²) in [5.74, 6) is 0.685.